The number of esters is 1. The number of para-hydroxylation sites is 2. The van der Waals surface area contributed by atoms with E-state index >= 15 is 0 Å². The van der Waals surface area contributed by atoms with Crippen LogP contribution in [0.2, 0.25) is 0 Å². The van der Waals surface area contributed by atoms with Crippen molar-refractivity contribution in [3.8, 4) is 11.5 Å². The molecule has 0 aliphatic carbocycles. The van der Waals surface area contributed by atoms with Gasteiger partial charge in [-0.05, 0) is 12.1 Å². The van der Waals surface area contributed by atoms with Crippen molar-refractivity contribution in [3.63, 3.8) is 0 Å². The summed E-state index contributed by atoms with van der Waals surface area (Å²) in [7, 11) is 0. The van der Waals surface area contributed by atoms with Crippen LogP contribution in [-0.2, 0) is 9.53 Å². The number of benzene rings is 1. The maximum absolute atomic E-state index is 11.5. The summed E-state index contributed by atoms with van der Waals surface area (Å²) >= 11 is 0. The van der Waals surface area contributed by atoms with Gasteiger partial charge in [-0.2, -0.15) is 0 Å². The first kappa shape index (κ1) is 19.0. The summed E-state index contributed by atoms with van der Waals surface area (Å²) in [6.07, 6.45) is 1.67. The van der Waals surface area contributed by atoms with E-state index in [1.54, 1.807) is 13.0 Å². The Morgan fingerprint density at radius 3 is 2.48 bits per heavy atom. The molecule has 5 heteroatoms. The summed E-state index contributed by atoms with van der Waals surface area (Å²) in [5, 5.41) is 3.26. The van der Waals surface area contributed by atoms with Gasteiger partial charge in [-0.15, -0.1) is 0 Å². The van der Waals surface area contributed by atoms with Crippen LogP contribution < -0.4 is 14.8 Å². The quantitative estimate of drug-likeness (QED) is 0.501. The van der Waals surface area contributed by atoms with Gasteiger partial charge in [0.25, 0.3) is 0 Å². The molecule has 0 heterocycles. The number of nitrogens with one attached hydrogen (secondary N) is 1. The van der Waals surface area contributed by atoms with E-state index in [0.29, 0.717) is 37.1 Å². The number of carbonyl (C=O) groups excluding carboxylic acids is 1. The minimum atomic E-state index is -0.350. The lowest BCUT2D eigenvalue weighted by Gasteiger charge is -2.21. The molecule has 1 unspecified atom stereocenters. The van der Waals surface area contributed by atoms with E-state index in [-0.39, 0.29) is 18.7 Å². The second-order valence-corrected chi connectivity index (χ2v) is 5.39. The number of carbonyl (C=O) groups is 1. The predicted molar refractivity (Wildman–Crippen MR) is 90.9 cm³/mol. The SMILES string of the molecule is C=CCOc1ccccc1OCC(CNC(C)C)OC(=O)CC. The molecule has 23 heavy (non-hydrogen) atoms. The Balaban J connectivity index is 2.65. The monoisotopic (exact) mass is 321 g/mol. The molecule has 0 saturated heterocycles. The highest BCUT2D eigenvalue weighted by Crippen LogP contribution is 2.26. The summed E-state index contributed by atoms with van der Waals surface area (Å²) in [6, 6.07) is 7.71. The largest absolute Gasteiger partial charge is 0.486 e. The molecule has 0 amide bonds. The molecule has 1 aromatic rings. The zero-order valence-electron chi connectivity index (χ0n) is 14.2. The topological polar surface area (TPSA) is 56.8 Å². The van der Waals surface area contributed by atoms with Gasteiger partial charge in [-0.25, -0.2) is 0 Å². The van der Waals surface area contributed by atoms with Crippen LogP contribution >= 0.6 is 0 Å². The van der Waals surface area contributed by atoms with Gasteiger partial charge >= 0.3 is 5.97 Å². The van der Waals surface area contributed by atoms with Gasteiger partial charge in [0.15, 0.2) is 11.5 Å². The lowest BCUT2D eigenvalue weighted by Crippen LogP contribution is -2.38. The Morgan fingerprint density at radius 1 is 1.26 bits per heavy atom. The van der Waals surface area contributed by atoms with Crippen LogP contribution in [0.5, 0.6) is 11.5 Å². The molecule has 1 aromatic carbocycles. The maximum atomic E-state index is 11.5. The Kier molecular flexibility index (Phi) is 8.83. The molecule has 0 radical (unpaired) electrons. The van der Waals surface area contributed by atoms with Crippen LogP contribution in [0.1, 0.15) is 27.2 Å². The van der Waals surface area contributed by atoms with E-state index in [1.807, 2.05) is 38.1 Å². The molecular weight excluding hydrogens is 294 g/mol. The van der Waals surface area contributed by atoms with Crippen LogP contribution in [0, 0.1) is 0 Å². The zero-order chi connectivity index (χ0) is 17.1. The Hall–Kier alpha value is -2.01. The minimum Gasteiger partial charge on any atom is -0.486 e. The number of rotatable bonds is 11. The Bertz CT molecular complexity index is 488. The molecule has 0 fully saturated rings. The molecule has 0 spiro atoms. The average Bonchev–Trinajstić information content (AvgIpc) is 2.55. The average molecular weight is 321 g/mol. The molecule has 1 atom stereocenters. The molecule has 0 bridgehead atoms. The summed E-state index contributed by atoms with van der Waals surface area (Å²) in [4.78, 5) is 11.5. The summed E-state index contributed by atoms with van der Waals surface area (Å²) in [5.41, 5.74) is 0. The van der Waals surface area contributed by atoms with E-state index in [9.17, 15) is 4.79 Å². The molecule has 0 saturated carbocycles. The standard InChI is InChI=1S/C18H27NO4/c1-5-11-21-16-9-7-8-10-17(16)22-13-15(12-19-14(3)4)23-18(20)6-2/h5,7-10,14-15,19H,1,6,11-13H2,2-4H3. The fourth-order valence-electron chi connectivity index (χ4n) is 1.79. The summed E-state index contributed by atoms with van der Waals surface area (Å²) < 4.78 is 16.8. The van der Waals surface area contributed by atoms with Gasteiger partial charge in [0.1, 0.15) is 19.3 Å². The molecular formula is C18H27NO4. The van der Waals surface area contributed by atoms with Crippen molar-refractivity contribution in [1.29, 1.82) is 0 Å². The van der Waals surface area contributed by atoms with Crippen LogP contribution in [0.3, 0.4) is 0 Å². The lowest BCUT2D eigenvalue weighted by molar-refractivity contribution is -0.150. The highest BCUT2D eigenvalue weighted by molar-refractivity contribution is 5.69. The van der Waals surface area contributed by atoms with E-state index in [0.717, 1.165) is 0 Å². The normalized spacial score (nSPS) is 11.8. The molecule has 1 N–H and O–H groups in total. The smallest absolute Gasteiger partial charge is 0.305 e. The maximum Gasteiger partial charge on any atom is 0.305 e. The van der Waals surface area contributed by atoms with E-state index in [2.05, 4.69) is 11.9 Å². The second-order valence-electron chi connectivity index (χ2n) is 5.39. The predicted octanol–water partition coefficient (Wildman–Crippen LogP) is 2.95. The van der Waals surface area contributed by atoms with Gasteiger partial charge in [-0.3, -0.25) is 4.79 Å². The van der Waals surface area contributed by atoms with Gasteiger partial charge < -0.3 is 19.5 Å². The van der Waals surface area contributed by atoms with Gasteiger partial charge in [0.05, 0.1) is 0 Å². The Morgan fingerprint density at radius 2 is 1.91 bits per heavy atom. The van der Waals surface area contributed by atoms with E-state index in [4.69, 9.17) is 14.2 Å². The Labute approximate surface area is 138 Å². The first-order valence-electron chi connectivity index (χ1n) is 7.95. The van der Waals surface area contributed by atoms with Crippen LogP contribution in [0.25, 0.3) is 0 Å². The van der Waals surface area contributed by atoms with E-state index in [1.165, 1.54) is 0 Å². The third kappa shape index (κ3) is 7.70. The zero-order valence-corrected chi connectivity index (χ0v) is 14.2. The third-order valence-corrected chi connectivity index (χ3v) is 2.97. The van der Waals surface area contributed by atoms with E-state index < -0.39 is 0 Å². The first-order chi connectivity index (χ1) is 11.1. The third-order valence-electron chi connectivity index (χ3n) is 2.97. The summed E-state index contributed by atoms with van der Waals surface area (Å²) in [5.74, 6) is 1.03. The second kappa shape index (κ2) is 10.7. The molecule has 0 aromatic heterocycles. The van der Waals surface area contributed by atoms with Crippen molar-refractivity contribution in [1.82, 2.24) is 5.32 Å². The van der Waals surface area contributed by atoms with Crippen molar-refractivity contribution in [2.75, 3.05) is 19.8 Å². The molecule has 1 rings (SSSR count). The highest BCUT2D eigenvalue weighted by Gasteiger charge is 2.16. The van der Waals surface area contributed by atoms with Crippen LogP contribution in [-0.4, -0.2) is 37.9 Å². The van der Waals surface area contributed by atoms with Crippen molar-refractivity contribution >= 4 is 5.97 Å². The number of ether oxygens (including phenoxy) is 3. The fourth-order valence-corrected chi connectivity index (χ4v) is 1.79. The lowest BCUT2D eigenvalue weighted by atomic mass is 10.3. The first-order valence-corrected chi connectivity index (χ1v) is 7.95. The molecule has 5 nitrogen and oxygen atoms in total. The number of hydrogen-bond acceptors (Lipinski definition) is 5. The van der Waals surface area contributed by atoms with Gasteiger partial charge in [-0.1, -0.05) is 45.6 Å². The van der Waals surface area contributed by atoms with Crippen molar-refractivity contribution in [2.45, 2.75) is 39.3 Å². The van der Waals surface area contributed by atoms with Crippen molar-refractivity contribution in [2.24, 2.45) is 0 Å². The van der Waals surface area contributed by atoms with Crippen molar-refractivity contribution in [3.05, 3.63) is 36.9 Å². The van der Waals surface area contributed by atoms with Gasteiger partial charge in [0, 0.05) is 19.0 Å². The minimum absolute atomic E-state index is 0.236. The molecule has 128 valence electrons. The molecule has 0 aliphatic rings. The van der Waals surface area contributed by atoms with Crippen LogP contribution in [0.4, 0.5) is 0 Å². The fraction of sp³-hybridized carbons (Fsp3) is 0.500. The number of hydrogen-bond donors (Lipinski definition) is 1. The molecule has 0 aliphatic heterocycles. The highest BCUT2D eigenvalue weighted by atomic mass is 16.6. The van der Waals surface area contributed by atoms with Crippen molar-refractivity contribution < 1.29 is 19.0 Å². The summed E-state index contributed by atoms with van der Waals surface area (Å²) in [6.45, 7) is 10.7. The van der Waals surface area contributed by atoms with Crippen LogP contribution in [0.15, 0.2) is 36.9 Å². The van der Waals surface area contributed by atoms with Gasteiger partial charge in [0.2, 0.25) is 0 Å².